The average molecular weight is 707 g/mol. The SMILES string of the molecule is CC1Cc2ccccc2C2=C1C(C)(C)c1cc3c(cc12)c1ccccc1n3-c1cccc2ccc(-c3nc(-c4ccccc4)nc(-c4ccccc4)n3)cc12. The second-order valence-corrected chi connectivity index (χ2v) is 15.7. The van der Waals surface area contributed by atoms with E-state index in [1.807, 2.05) is 36.4 Å². The number of rotatable bonds is 4. The van der Waals surface area contributed by atoms with E-state index in [1.165, 1.54) is 49.6 Å². The molecule has 9 aromatic rings. The first-order valence-electron chi connectivity index (χ1n) is 19.3. The van der Waals surface area contributed by atoms with Crippen LogP contribution in [0.3, 0.4) is 0 Å². The Bertz CT molecular complexity index is 2990. The van der Waals surface area contributed by atoms with Crippen LogP contribution in [0.2, 0.25) is 0 Å². The minimum absolute atomic E-state index is 0.0926. The summed E-state index contributed by atoms with van der Waals surface area (Å²) in [5.74, 6) is 2.44. The van der Waals surface area contributed by atoms with Crippen LogP contribution in [0.15, 0.2) is 163 Å². The van der Waals surface area contributed by atoms with Gasteiger partial charge in [-0.3, -0.25) is 0 Å². The van der Waals surface area contributed by atoms with Gasteiger partial charge < -0.3 is 4.57 Å². The Balaban J connectivity index is 1.14. The van der Waals surface area contributed by atoms with E-state index >= 15 is 0 Å². The van der Waals surface area contributed by atoms with Gasteiger partial charge in [-0.25, -0.2) is 15.0 Å². The van der Waals surface area contributed by atoms with E-state index in [4.69, 9.17) is 15.0 Å². The van der Waals surface area contributed by atoms with Gasteiger partial charge in [0.25, 0.3) is 0 Å². The lowest BCUT2D eigenvalue weighted by Crippen LogP contribution is -2.25. The summed E-state index contributed by atoms with van der Waals surface area (Å²) in [6.07, 6.45) is 1.08. The summed E-state index contributed by atoms with van der Waals surface area (Å²) < 4.78 is 2.49. The lowest BCUT2D eigenvalue weighted by atomic mass is 9.71. The Morgan fingerprint density at radius 1 is 0.527 bits per heavy atom. The summed E-state index contributed by atoms with van der Waals surface area (Å²) in [6, 6.07) is 56.5. The molecule has 4 nitrogen and oxygen atoms in total. The molecule has 0 aliphatic heterocycles. The number of aromatic nitrogens is 4. The van der Waals surface area contributed by atoms with Gasteiger partial charge in [0.1, 0.15) is 0 Å². The molecular weight excluding hydrogens is 669 g/mol. The molecule has 2 heterocycles. The highest BCUT2D eigenvalue weighted by Crippen LogP contribution is 2.56. The molecule has 7 aromatic carbocycles. The number of hydrogen-bond acceptors (Lipinski definition) is 3. The predicted molar refractivity (Wildman–Crippen MR) is 226 cm³/mol. The van der Waals surface area contributed by atoms with Crippen molar-refractivity contribution in [2.24, 2.45) is 5.92 Å². The molecule has 262 valence electrons. The number of hydrogen-bond donors (Lipinski definition) is 0. The van der Waals surface area contributed by atoms with Gasteiger partial charge >= 0.3 is 0 Å². The summed E-state index contributed by atoms with van der Waals surface area (Å²) in [5, 5.41) is 4.84. The molecule has 11 rings (SSSR count). The number of benzene rings is 7. The third-order valence-corrected chi connectivity index (χ3v) is 12.1. The highest BCUT2D eigenvalue weighted by Gasteiger charge is 2.43. The van der Waals surface area contributed by atoms with Crippen molar-refractivity contribution in [3.05, 3.63) is 186 Å². The topological polar surface area (TPSA) is 43.6 Å². The molecular formula is C51H38N4. The van der Waals surface area contributed by atoms with Crippen molar-refractivity contribution in [3.63, 3.8) is 0 Å². The van der Waals surface area contributed by atoms with Crippen LogP contribution >= 0.6 is 0 Å². The smallest absolute Gasteiger partial charge is 0.164 e. The maximum Gasteiger partial charge on any atom is 0.164 e. The summed E-state index contributed by atoms with van der Waals surface area (Å²) in [6.45, 7) is 7.29. The van der Waals surface area contributed by atoms with E-state index in [0.29, 0.717) is 23.4 Å². The molecule has 0 N–H and O–H groups in total. The van der Waals surface area contributed by atoms with Gasteiger partial charge in [-0.2, -0.15) is 0 Å². The van der Waals surface area contributed by atoms with E-state index in [9.17, 15) is 0 Å². The molecule has 0 saturated carbocycles. The highest BCUT2D eigenvalue weighted by atomic mass is 15.0. The number of fused-ring (bicyclic) bond motifs is 8. The van der Waals surface area contributed by atoms with Crippen molar-refractivity contribution in [3.8, 4) is 39.9 Å². The first-order chi connectivity index (χ1) is 26.9. The van der Waals surface area contributed by atoms with Crippen LogP contribution in [0.25, 0.3) is 78.0 Å². The van der Waals surface area contributed by atoms with Gasteiger partial charge in [0.15, 0.2) is 17.5 Å². The molecule has 0 saturated heterocycles. The lowest BCUT2D eigenvalue weighted by molar-refractivity contribution is 0.523. The molecule has 1 unspecified atom stereocenters. The van der Waals surface area contributed by atoms with Gasteiger partial charge in [-0.1, -0.05) is 148 Å². The van der Waals surface area contributed by atoms with Crippen LogP contribution in [0.5, 0.6) is 0 Å². The van der Waals surface area contributed by atoms with Crippen LogP contribution in [-0.4, -0.2) is 19.5 Å². The first-order valence-corrected chi connectivity index (χ1v) is 19.3. The third kappa shape index (κ3) is 4.81. The number of allylic oxidation sites excluding steroid dienone is 1. The van der Waals surface area contributed by atoms with Crippen LogP contribution in [0, 0.1) is 5.92 Å². The second kappa shape index (κ2) is 11.9. The quantitative estimate of drug-likeness (QED) is 0.183. The Kier molecular flexibility index (Phi) is 6.90. The molecule has 0 radical (unpaired) electrons. The molecule has 2 aliphatic carbocycles. The van der Waals surface area contributed by atoms with Gasteiger partial charge in [-0.15, -0.1) is 0 Å². The molecule has 0 spiro atoms. The van der Waals surface area contributed by atoms with E-state index in [-0.39, 0.29) is 5.41 Å². The molecule has 2 aliphatic rings. The van der Waals surface area contributed by atoms with E-state index in [0.717, 1.165) is 39.6 Å². The van der Waals surface area contributed by atoms with Gasteiger partial charge in [0.2, 0.25) is 0 Å². The van der Waals surface area contributed by atoms with Crippen molar-refractivity contribution in [2.45, 2.75) is 32.6 Å². The molecule has 2 aromatic heterocycles. The van der Waals surface area contributed by atoms with E-state index in [2.05, 4.69) is 147 Å². The molecule has 0 amide bonds. The Hall–Kier alpha value is -6.65. The Morgan fingerprint density at radius 2 is 1.18 bits per heavy atom. The minimum atomic E-state index is -0.0926. The van der Waals surface area contributed by atoms with Crippen molar-refractivity contribution in [1.82, 2.24) is 19.5 Å². The maximum absolute atomic E-state index is 5.08. The zero-order valence-corrected chi connectivity index (χ0v) is 31.1. The lowest BCUT2D eigenvalue weighted by Gasteiger charge is -2.32. The maximum atomic E-state index is 5.08. The van der Waals surface area contributed by atoms with Crippen molar-refractivity contribution < 1.29 is 0 Å². The van der Waals surface area contributed by atoms with Crippen LogP contribution in [-0.2, 0) is 11.8 Å². The van der Waals surface area contributed by atoms with Gasteiger partial charge in [-0.05, 0) is 81.5 Å². The second-order valence-electron chi connectivity index (χ2n) is 15.7. The fourth-order valence-electron chi connectivity index (χ4n) is 9.66. The zero-order chi connectivity index (χ0) is 36.8. The van der Waals surface area contributed by atoms with Crippen LogP contribution in [0.1, 0.15) is 43.0 Å². The average Bonchev–Trinajstić information content (AvgIpc) is 3.68. The van der Waals surface area contributed by atoms with Crippen molar-refractivity contribution in [1.29, 1.82) is 0 Å². The van der Waals surface area contributed by atoms with Crippen LogP contribution < -0.4 is 0 Å². The standard InChI is InChI=1S/C51H38N4/c1-31-27-35-19-10-11-21-37(35)46-41-29-40-38-22-12-13-23-43(38)55(45(40)30-42(41)51(2,3)47(31)46)44-24-14-20-32-25-26-36(28-39(32)44)50-53-48(33-15-6-4-7-16-33)52-49(54-50)34-17-8-5-9-18-34/h4-26,28-31H,27H2,1-3H3. The molecule has 0 bridgehead atoms. The van der Waals surface area contributed by atoms with E-state index in [1.54, 1.807) is 5.57 Å². The predicted octanol–water partition coefficient (Wildman–Crippen LogP) is 12.4. The largest absolute Gasteiger partial charge is 0.309 e. The molecule has 1 atom stereocenters. The van der Waals surface area contributed by atoms with Gasteiger partial charge in [0.05, 0.1) is 16.7 Å². The number of nitrogens with zero attached hydrogens (tertiary/aromatic N) is 4. The number of para-hydroxylation sites is 1. The third-order valence-electron chi connectivity index (χ3n) is 12.1. The molecule has 4 heteroatoms. The Morgan fingerprint density at radius 3 is 1.93 bits per heavy atom. The fourth-order valence-corrected chi connectivity index (χ4v) is 9.66. The molecule has 0 fully saturated rings. The fraction of sp³-hybridized carbons (Fsp3) is 0.118. The normalized spacial score (nSPS) is 15.7. The minimum Gasteiger partial charge on any atom is -0.309 e. The van der Waals surface area contributed by atoms with Crippen molar-refractivity contribution >= 4 is 38.2 Å². The van der Waals surface area contributed by atoms with E-state index < -0.39 is 0 Å². The summed E-state index contributed by atoms with van der Waals surface area (Å²) >= 11 is 0. The van der Waals surface area contributed by atoms with Crippen molar-refractivity contribution in [2.75, 3.05) is 0 Å². The Labute approximate surface area is 320 Å². The van der Waals surface area contributed by atoms with Crippen LogP contribution in [0.4, 0.5) is 0 Å². The summed E-state index contributed by atoms with van der Waals surface area (Å²) in [7, 11) is 0. The zero-order valence-electron chi connectivity index (χ0n) is 31.1. The molecule has 55 heavy (non-hydrogen) atoms. The van der Waals surface area contributed by atoms with Gasteiger partial charge in [0, 0.05) is 38.3 Å². The summed E-state index contributed by atoms with van der Waals surface area (Å²) in [5.41, 5.74) is 15.0. The monoisotopic (exact) mass is 706 g/mol. The highest BCUT2D eigenvalue weighted by molar-refractivity contribution is 6.13. The first kappa shape index (κ1) is 31.8. The summed E-state index contributed by atoms with van der Waals surface area (Å²) in [4.78, 5) is 15.1.